The lowest BCUT2D eigenvalue weighted by atomic mass is 9.86. The number of nitrogens with zero attached hydrogens (tertiary/aromatic N) is 1. The summed E-state index contributed by atoms with van der Waals surface area (Å²) in [4.78, 5) is 2.48. The third-order valence-corrected chi connectivity index (χ3v) is 4.20. The van der Waals surface area contributed by atoms with Crippen LogP contribution in [0.3, 0.4) is 0 Å². The van der Waals surface area contributed by atoms with Gasteiger partial charge in [0.15, 0.2) is 0 Å². The van der Waals surface area contributed by atoms with Crippen LogP contribution < -0.4 is 0 Å². The lowest BCUT2D eigenvalue weighted by Crippen LogP contribution is -2.35. The molecule has 2 heteroatoms. The Labute approximate surface area is 122 Å². The van der Waals surface area contributed by atoms with Crippen LogP contribution in [0.15, 0.2) is 24.3 Å². The number of rotatable bonds is 3. The van der Waals surface area contributed by atoms with Crippen LogP contribution in [0, 0.1) is 17.8 Å². The first-order valence-electron chi connectivity index (χ1n) is 7.58. The van der Waals surface area contributed by atoms with Crippen molar-refractivity contribution >= 4 is 0 Å². The van der Waals surface area contributed by atoms with Crippen LogP contribution >= 0.6 is 0 Å². The zero-order valence-electron chi connectivity index (χ0n) is 12.6. The number of hydrogen-bond acceptors (Lipinski definition) is 2. The second-order valence-electron chi connectivity index (χ2n) is 6.00. The summed E-state index contributed by atoms with van der Waals surface area (Å²) in [6.07, 6.45) is 5.39. The summed E-state index contributed by atoms with van der Waals surface area (Å²) in [7, 11) is 2.23. The Morgan fingerprint density at radius 2 is 2.20 bits per heavy atom. The number of aliphatic hydroxyl groups excluding tert-OH is 1. The van der Waals surface area contributed by atoms with Gasteiger partial charge in [-0.2, -0.15) is 0 Å². The van der Waals surface area contributed by atoms with Gasteiger partial charge >= 0.3 is 0 Å². The van der Waals surface area contributed by atoms with E-state index in [1.165, 1.54) is 31.2 Å². The van der Waals surface area contributed by atoms with Gasteiger partial charge < -0.3 is 5.11 Å². The van der Waals surface area contributed by atoms with E-state index in [4.69, 9.17) is 5.11 Å². The van der Waals surface area contributed by atoms with Crippen molar-refractivity contribution in [3.63, 3.8) is 0 Å². The van der Waals surface area contributed by atoms with E-state index in [1.54, 1.807) is 0 Å². The Balaban J connectivity index is 1.98. The largest absolute Gasteiger partial charge is 0.384 e. The smallest absolute Gasteiger partial charge is 0.104 e. The predicted octanol–water partition coefficient (Wildman–Crippen LogP) is 3.04. The van der Waals surface area contributed by atoms with Gasteiger partial charge in [-0.25, -0.2) is 0 Å². The van der Waals surface area contributed by atoms with E-state index in [0.717, 1.165) is 18.0 Å². The molecular weight excluding hydrogens is 246 g/mol. The normalized spacial score (nSPS) is 22.4. The van der Waals surface area contributed by atoms with Crippen LogP contribution in [0.25, 0.3) is 0 Å². The van der Waals surface area contributed by atoms with E-state index in [9.17, 15) is 0 Å². The van der Waals surface area contributed by atoms with Crippen LogP contribution in [0.2, 0.25) is 0 Å². The Morgan fingerprint density at radius 3 is 2.95 bits per heavy atom. The molecule has 2 nitrogen and oxygen atoms in total. The van der Waals surface area contributed by atoms with Crippen molar-refractivity contribution in [2.75, 3.05) is 13.7 Å². The summed E-state index contributed by atoms with van der Waals surface area (Å²) in [6.45, 7) is 3.27. The van der Waals surface area contributed by atoms with E-state index in [0.29, 0.717) is 6.04 Å². The molecule has 1 fully saturated rings. The van der Waals surface area contributed by atoms with Gasteiger partial charge in [-0.3, -0.25) is 4.90 Å². The maximum Gasteiger partial charge on any atom is 0.104 e. The van der Waals surface area contributed by atoms with Crippen LogP contribution in [0.4, 0.5) is 0 Å². The van der Waals surface area contributed by atoms with E-state index >= 15 is 0 Å². The maximum atomic E-state index is 8.76. The second-order valence-corrected chi connectivity index (χ2v) is 6.00. The Bertz CT molecular complexity index is 486. The summed E-state index contributed by atoms with van der Waals surface area (Å²) < 4.78 is 0. The Hall–Kier alpha value is -1.30. The molecule has 0 amide bonds. The minimum atomic E-state index is -0.0793. The highest BCUT2D eigenvalue weighted by Crippen LogP contribution is 2.27. The van der Waals surface area contributed by atoms with Crippen LogP contribution in [-0.2, 0) is 6.54 Å². The van der Waals surface area contributed by atoms with E-state index in [-0.39, 0.29) is 6.61 Å². The molecule has 1 aliphatic carbocycles. The topological polar surface area (TPSA) is 23.5 Å². The molecule has 0 aromatic heterocycles. The summed E-state index contributed by atoms with van der Waals surface area (Å²) in [5, 5.41) is 8.76. The van der Waals surface area contributed by atoms with Crippen molar-refractivity contribution in [2.45, 2.75) is 45.2 Å². The lowest BCUT2D eigenvalue weighted by molar-refractivity contribution is 0.157. The second kappa shape index (κ2) is 7.47. The first-order chi connectivity index (χ1) is 9.69. The summed E-state index contributed by atoms with van der Waals surface area (Å²) in [5.74, 6) is 6.54. The van der Waals surface area contributed by atoms with Gasteiger partial charge in [0.1, 0.15) is 6.61 Å². The van der Waals surface area contributed by atoms with Gasteiger partial charge in [-0.15, -0.1) is 0 Å². The lowest BCUT2D eigenvalue weighted by Gasteiger charge is -2.34. The van der Waals surface area contributed by atoms with Crippen molar-refractivity contribution in [2.24, 2.45) is 5.92 Å². The highest BCUT2D eigenvalue weighted by atomic mass is 16.2. The van der Waals surface area contributed by atoms with Crippen LogP contribution in [0.5, 0.6) is 0 Å². The van der Waals surface area contributed by atoms with E-state index in [2.05, 4.69) is 42.8 Å². The molecule has 2 rings (SSSR count). The zero-order chi connectivity index (χ0) is 14.4. The van der Waals surface area contributed by atoms with Gasteiger partial charge in [0, 0.05) is 18.2 Å². The number of benzene rings is 1. The fraction of sp³-hybridized carbons (Fsp3) is 0.556. The van der Waals surface area contributed by atoms with Crippen LogP contribution in [0.1, 0.15) is 43.7 Å². The molecule has 1 aromatic carbocycles. The Kier molecular flexibility index (Phi) is 5.64. The Morgan fingerprint density at radius 1 is 1.35 bits per heavy atom. The van der Waals surface area contributed by atoms with Crippen molar-refractivity contribution in [1.82, 2.24) is 4.90 Å². The van der Waals surface area contributed by atoms with Gasteiger partial charge in [0.2, 0.25) is 0 Å². The zero-order valence-corrected chi connectivity index (χ0v) is 12.6. The first-order valence-corrected chi connectivity index (χ1v) is 7.58. The monoisotopic (exact) mass is 271 g/mol. The molecule has 1 saturated carbocycles. The summed E-state index contributed by atoms with van der Waals surface area (Å²) in [5.41, 5.74) is 2.29. The molecule has 2 unspecified atom stereocenters. The van der Waals surface area contributed by atoms with E-state index < -0.39 is 0 Å². The highest BCUT2D eigenvalue weighted by Gasteiger charge is 2.22. The van der Waals surface area contributed by atoms with Crippen molar-refractivity contribution in [1.29, 1.82) is 0 Å². The minimum absolute atomic E-state index is 0.0793. The molecule has 0 bridgehead atoms. The molecule has 0 saturated heterocycles. The summed E-state index contributed by atoms with van der Waals surface area (Å²) >= 11 is 0. The van der Waals surface area contributed by atoms with Gasteiger partial charge in [0.05, 0.1) is 0 Å². The SMILES string of the molecule is CC1CCCC(N(C)Cc2cccc(C#CCO)c2)C1. The molecule has 0 spiro atoms. The third kappa shape index (κ3) is 4.37. The molecule has 1 aliphatic rings. The average Bonchev–Trinajstić information content (AvgIpc) is 2.45. The van der Waals surface area contributed by atoms with Crippen molar-refractivity contribution in [3.05, 3.63) is 35.4 Å². The molecule has 1 aromatic rings. The predicted molar refractivity (Wildman–Crippen MR) is 83.3 cm³/mol. The van der Waals surface area contributed by atoms with Crippen molar-refractivity contribution in [3.8, 4) is 11.8 Å². The molecular formula is C18H25NO. The fourth-order valence-electron chi connectivity index (χ4n) is 3.11. The molecule has 2 atom stereocenters. The maximum absolute atomic E-state index is 8.76. The summed E-state index contributed by atoms with van der Waals surface area (Å²) in [6, 6.07) is 9.05. The first kappa shape index (κ1) is 15.1. The molecule has 108 valence electrons. The van der Waals surface area contributed by atoms with E-state index in [1.807, 2.05) is 12.1 Å². The minimum Gasteiger partial charge on any atom is -0.384 e. The van der Waals surface area contributed by atoms with Gasteiger partial charge in [-0.05, 0) is 43.5 Å². The molecule has 0 heterocycles. The standard InChI is InChI=1S/C18H25NO/c1-15-6-3-10-18(12-15)19(2)14-17-8-4-7-16(13-17)9-5-11-20/h4,7-8,13,15,18,20H,3,6,10-12,14H2,1-2H3. The quantitative estimate of drug-likeness (QED) is 0.854. The molecule has 0 aliphatic heterocycles. The van der Waals surface area contributed by atoms with Gasteiger partial charge in [0.25, 0.3) is 0 Å². The average molecular weight is 271 g/mol. The number of hydrogen-bond donors (Lipinski definition) is 1. The van der Waals surface area contributed by atoms with Crippen LogP contribution in [-0.4, -0.2) is 29.7 Å². The van der Waals surface area contributed by atoms with Gasteiger partial charge in [-0.1, -0.05) is 43.7 Å². The fourth-order valence-corrected chi connectivity index (χ4v) is 3.11. The third-order valence-electron chi connectivity index (χ3n) is 4.20. The molecule has 0 radical (unpaired) electrons. The van der Waals surface area contributed by atoms with Crippen molar-refractivity contribution < 1.29 is 5.11 Å². The molecule has 1 N–H and O–H groups in total. The molecule has 20 heavy (non-hydrogen) atoms. The number of aliphatic hydroxyl groups is 1. The highest BCUT2D eigenvalue weighted by molar-refractivity contribution is 5.37.